The minimum atomic E-state index is 0.692. The highest BCUT2D eigenvalue weighted by molar-refractivity contribution is 7.12. The average molecular weight is 250 g/mol. The fourth-order valence-corrected chi connectivity index (χ4v) is 3.41. The molecule has 17 heavy (non-hydrogen) atoms. The van der Waals surface area contributed by atoms with Gasteiger partial charge < -0.3 is 5.73 Å². The lowest BCUT2D eigenvalue weighted by Gasteiger charge is -2.21. The summed E-state index contributed by atoms with van der Waals surface area (Å²) in [7, 11) is 0. The summed E-state index contributed by atoms with van der Waals surface area (Å²) in [5, 5.41) is 0. The molecule has 94 valence electrons. The van der Waals surface area contributed by atoms with Gasteiger partial charge >= 0.3 is 0 Å². The van der Waals surface area contributed by atoms with E-state index in [2.05, 4.69) is 17.9 Å². The zero-order valence-electron chi connectivity index (χ0n) is 10.6. The molecule has 0 bridgehead atoms. The minimum absolute atomic E-state index is 0.692. The van der Waals surface area contributed by atoms with Crippen molar-refractivity contribution in [3.63, 3.8) is 0 Å². The molecule has 1 heterocycles. The Hall–Kier alpha value is -0.380. The molecule has 2 aliphatic carbocycles. The van der Waals surface area contributed by atoms with E-state index >= 15 is 0 Å². The first-order valence-corrected chi connectivity index (χ1v) is 7.60. The molecule has 0 aromatic carbocycles. The van der Waals surface area contributed by atoms with Crippen molar-refractivity contribution in [2.24, 2.45) is 11.7 Å². The van der Waals surface area contributed by atoms with E-state index in [9.17, 15) is 0 Å². The number of aryl methyl sites for hydroxylation is 1. The van der Waals surface area contributed by atoms with Crippen molar-refractivity contribution in [1.82, 2.24) is 4.90 Å². The van der Waals surface area contributed by atoms with Crippen LogP contribution in [0.5, 0.6) is 0 Å². The lowest BCUT2D eigenvalue weighted by molar-refractivity contribution is 0.244. The van der Waals surface area contributed by atoms with Crippen LogP contribution in [0.25, 0.3) is 0 Å². The van der Waals surface area contributed by atoms with Gasteiger partial charge in [0, 0.05) is 35.4 Å². The van der Waals surface area contributed by atoms with Gasteiger partial charge in [-0.2, -0.15) is 0 Å². The van der Waals surface area contributed by atoms with Gasteiger partial charge in [-0.15, -0.1) is 11.3 Å². The maximum absolute atomic E-state index is 5.72. The second kappa shape index (κ2) is 4.71. The van der Waals surface area contributed by atoms with Crippen LogP contribution in [0, 0.1) is 12.8 Å². The first-order valence-electron chi connectivity index (χ1n) is 6.78. The van der Waals surface area contributed by atoms with Crippen molar-refractivity contribution in [3.05, 3.63) is 21.4 Å². The second-order valence-electron chi connectivity index (χ2n) is 5.60. The van der Waals surface area contributed by atoms with E-state index in [1.165, 1.54) is 47.5 Å². The Morgan fingerprint density at radius 1 is 1.35 bits per heavy atom. The molecule has 2 fully saturated rings. The lowest BCUT2D eigenvalue weighted by Crippen LogP contribution is -2.27. The number of nitrogens with two attached hydrogens (primary N) is 1. The zero-order chi connectivity index (χ0) is 11.8. The van der Waals surface area contributed by atoms with Crippen molar-refractivity contribution in [3.8, 4) is 0 Å². The summed E-state index contributed by atoms with van der Waals surface area (Å²) in [5.41, 5.74) is 7.24. The van der Waals surface area contributed by atoms with E-state index in [4.69, 9.17) is 5.73 Å². The van der Waals surface area contributed by atoms with E-state index in [-0.39, 0.29) is 0 Å². The maximum Gasteiger partial charge on any atom is 0.0274 e. The summed E-state index contributed by atoms with van der Waals surface area (Å²) in [6, 6.07) is 3.21. The highest BCUT2D eigenvalue weighted by atomic mass is 32.1. The Labute approximate surface area is 108 Å². The third-order valence-corrected chi connectivity index (χ3v) is 5.01. The van der Waals surface area contributed by atoms with Crippen molar-refractivity contribution < 1.29 is 0 Å². The SMILES string of the molecule is Cc1sc(CN)cc1CN(CC1CC1)C1CC1. The molecule has 3 heteroatoms. The molecule has 0 radical (unpaired) electrons. The van der Waals surface area contributed by atoms with Gasteiger partial charge in [0.2, 0.25) is 0 Å². The monoisotopic (exact) mass is 250 g/mol. The van der Waals surface area contributed by atoms with Crippen LogP contribution in [0.1, 0.15) is 41.0 Å². The molecule has 1 aromatic rings. The summed E-state index contributed by atoms with van der Waals surface area (Å²) in [6.45, 7) is 5.42. The number of thiophene rings is 1. The van der Waals surface area contributed by atoms with Crippen molar-refractivity contribution >= 4 is 11.3 Å². The van der Waals surface area contributed by atoms with E-state index in [1.54, 1.807) is 0 Å². The van der Waals surface area contributed by atoms with E-state index < -0.39 is 0 Å². The molecule has 2 N–H and O–H groups in total. The van der Waals surface area contributed by atoms with E-state index in [0.29, 0.717) is 6.54 Å². The predicted molar refractivity (Wildman–Crippen MR) is 73.1 cm³/mol. The molecular formula is C14H22N2S. The summed E-state index contributed by atoms with van der Waals surface area (Å²) in [6.07, 6.45) is 5.75. The van der Waals surface area contributed by atoms with Gasteiger partial charge in [-0.05, 0) is 50.2 Å². The molecule has 0 unspecified atom stereocenters. The predicted octanol–water partition coefficient (Wildman–Crippen LogP) is 2.89. The molecule has 2 nitrogen and oxygen atoms in total. The van der Waals surface area contributed by atoms with Crippen LogP contribution in [-0.2, 0) is 13.1 Å². The Bertz CT molecular complexity index is 391. The molecular weight excluding hydrogens is 228 g/mol. The Balaban J connectivity index is 1.67. The Morgan fingerprint density at radius 2 is 2.12 bits per heavy atom. The first kappa shape index (κ1) is 11.7. The summed E-state index contributed by atoms with van der Waals surface area (Å²) >= 11 is 1.87. The number of rotatable bonds is 6. The smallest absolute Gasteiger partial charge is 0.0274 e. The van der Waals surface area contributed by atoms with E-state index in [1.807, 2.05) is 11.3 Å². The molecule has 1 aromatic heterocycles. The fourth-order valence-electron chi connectivity index (χ4n) is 2.48. The lowest BCUT2D eigenvalue weighted by atomic mass is 10.2. The summed E-state index contributed by atoms with van der Waals surface area (Å²) in [5.74, 6) is 1.00. The number of hydrogen-bond donors (Lipinski definition) is 1. The Kier molecular flexibility index (Phi) is 3.24. The van der Waals surface area contributed by atoms with Crippen LogP contribution in [0.15, 0.2) is 6.07 Å². The average Bonchev–Trinajstić information content (AvgIpc) is 3.19. The van der Waals surface area contributed by atoms with Crippen molar-refractivity contribution in [2.45, 2.75) is 51.7 Å². The van der Waals surface area contributed by atoms with Gasteiger partial charge in [0.25, 0.3) is 0 Å². The van der Waals surface area contributed by atoms with Crippen LogP contribution in [0.4, 0.5) is 0 Å². The topological polar surface area (TPSA) is 29.3 Å². The van der Waals surface area contributed by atoms with Crippen molar-refractivity contribution in [2.75, 3.05) is 6.54 Å². The van der Waals surface area contributed by atoms with Gasteiger partial charge in [-0.3, -0.25) is 4.90 Å². The molecule has 0 saturated heterocycles. The quantitative estimate of drug-likeness (QED) is 0.841. The fraction of sp³-hybridized carbons (Fsp3) is 0.714. The molecule has 0 amide bonds. The number of hydrogen-bond acceptors (Lipinski definition) is 3. The molecule has 0 aliphatic heterocycles. The van der Waals surface area contributed by atoms with Gasteiger partial charge in [0.1, 0.15) is 0 Å². The van der Waals surface area contributed by atoms with Crippen LogP contribution in [0.2, 0.25) is 0 Å². The molecule has 2 aliphatic rings. The summed E-state index contributed by atoms with van der Waals surface area (Å²) < 4.78 is 0. The van der Waals surface area contributed by atoms with Crippen LogP contribution in [0.3, 0.4) is 0 Å². The van der Waals surface area contributed by atoms with Crippen LogP contribution >= 0.6 is 11.3 Å². The first-order chi connectivity index (χ1) is 8.26. The zero-order valence-corrected chi connectivity index (χ0v) is 11.4. The molecule has 0 atom stereocenters. The third-order valence-electron chi connectivity index (χ3n) is 3.90. The standard InChI is InChI=1S/C14H22N2S/c1-10-12(6-14(7-15)17-10)9-16(13-4-5-13)8-11-2-3-11/h6,11,13H,2-5,7-9,15H2,1H3. The van der Waals surface area contributed by atoms with E-state index in [0.717, 1.165) is 18.5 Å². The largest absolute Gasteiger partial charge is 0.326 e. The van der Waals surface area contributed by atoms with Gasteiger partial charge in [0.05, 0.1) is 0 Å². The second-order valence-corrected chi connectivity index (χ2v) is 6.94. The summed E-state index contributed by atoms with van der Waals surface area (Å²) in [4.78, 5) is 5.51. The van der Waals surface area contributed by atoms with Gasteiger partial charge in [-0.25, -0.2) is 0 Å². The maximum atomic E-state index is 5.72. The van der Waals surface area contributed by atoms with Crippen LogP contribution < -0.4 is 5.73 Å². The van der Waals surface area contributed by atoms with Crippen LogP contribution in [-0.4, -0.2) is 17.5 Å². The number of nitrogens with zero attached hydrogens (tertiary/aromatic N) is 1. The molecule has 3 rings (SSSR count). The Morgan fingerprint density at radius 3 is 2.65 bits per heavy atom. The third kappa shape index (κ3) is 2.90. The highest BCUT2D eigenvalue weighted by Gasteiger charge is 2.33. The van der Waals surface area contributed by atoms with Gasteiger partial charge in [0.15, 0.2) is 0 Å². The molecule has 2 saturated carbocycles. The normalized spacial score (nSPS) is 20.2. The van der Waals surface area contributed by atoms with Gasteiger partial charge in [-0.1, -0.05) is 0 Å². The highest BCUT2D eigenvalue weighted by Crippen LogP contribution is 2.36. The molecule has 0 spiro atoms. The minimum Gasteiger partial charge on any atom is -0.326 e. The van der Waals surface area contributed by atoms with Crippen molar-refractivity contribution in [1.29, 1.82) is 0 Å².